The molecule has 0 spiro atoms. The Kier molecular flexibility index (Phi) is 5.59. The molecule has 23 heavy (non-hydrogen) atoms. The van der Waals surface area contributed by atoms with Gasteiger partial charge in [0.1, 0.15) is 5.56 Å². The van der Waals surface area contributed by atoms with Crippen LogP contribution in [-0.4, -0.2) is 41.5 Å². The maximum Gasteiger partial charge on any atom is 0.341 e. The highest BCUT2D eigenvalue weighted by atomic mass is 16.5. The first-order valence-corrected chi connectivity index (χ1v) is 7.29. The number of hydrogen-bond acceptors (Lipinski definition) is 5. The number of pyridine rings is 1. The van der Waals surface area contributed by atoms with E-state index < -0.39 is 11.5 Å². The van der Waals surface area contributed by atoms with Gasteiger partial charge in [-0.15, -0.1) is 0 Å². The maximum absolute atomic E-state index is 11.9. The molecule has 0 atom stereocenters. The number of benzene rings is 1. The number of hydrogen-bond donors (Lipinski definition) is 3. The number of fused-ring (bicyclic) bond motifs is 1. The number of carboxylic acid groups (broad SMARTS) is 1. The molecule has 1 heterocycles. The van der Waals surface area contributed by atoms with Crippen molar-refractivity contribution in [3.8, 4) is 11.5 Å². The van der Waals surface area contributed by atoms with E-state index in [0.29, 0.717) is 35.4 Å². The summed E-state index contributed by atoms with van der Waals surface area (Å²) in [6.07, 6.45) is 2.27. The molecule has 0 saturated heterocycles. The van der Waals surface area contributed by atoms with E-state index in [4.69, 9.17) is 19.7 Å². The van der Waals surface area contributed by atoms with Crippen molar-refractivity contribution in [2.24, 2.45) is 0 Å². The van der Waals surface area contributed by atoms with E-state index in [1.165, 1.54) is 13.2 Å². The SMILES string of the molecule is COc1ccc2cc(C(=O)O)c(=O)[nH]c2c1OCCCCCO. The highest BCUT2D eigenvalue weighted by Crippen LogP contribution is 2.34. The van der Waals surface area contributed by atoms with Gasteiger partial charge in [0.2, 0.25) is 0 Å². The van der Waals surface area contributed by atoms with Crippen LogP contribution in [0.1, 0.15) is 29.6 Å². The predicted octanol–water partition coefficient (Wildman–Crippen LogP) is 1.78. The van der Waals surface area contributed by atoms with E-state index in [1.54, 1.807) is 12.1 Å². The van der Waals surface area contributed by atoms with Gasteiger partial charge in [-0.25, -0.2) is 4.79 Å². The second kappa shape index (κ2) is 7.64. The summed E-state index contributed by atoms with van der Waals surface area (Å²) in [5, 5.41) is 18.3. The Balaban J connectivity index is 2.38. The third-order valence-corrected chi connectivity index (χ3v) is 3.44. The Morgan fingerprint density at radius 3 is 2.70 bits per heavy atom. The molecular weight excluding hydrogens is 302 g/mol. The lowest BCUT2D eigenvalue weighted by Gasteiger charge is -2.13. The predicted molar refractivity (Wildman–Crippen MR) is 84.5 cm³/mol. The average molecular weight is 321 g/mol. The summed E-state index contributed by atoms with van der Waals surface area (Å²) in [7, 11) is 1.49. The van der Waals surface area contributed by atoms with Gasteiger partial charge in [-0.1, -0.05) is 0 Å². The van der Waals surface area contributed by atoms with Crippen molar-refractivity contribution >= 4 is 16.9 Å². The van der Waals surface area contributed by atoms with E-state index in [9.17, 15) is 9.59 Å². The van der Waals surface area contributed by atoms with Gasteiger partial charge in [-0.05, 0) is 37.5 Å². The van der Waals surface area contributed by atoms with Gasteiger partial charge < -0.3 is 24.7 Å². The number of rotatable bonds is 8. The maximum atomic E-state index is 11.9. The summed E-state index contributed by atoms with van der Waals surface area (Å²) in [4.78, 5) is 25.5. The number of aromatic nitrogens is 1. The Bertz CT molecular complexity index is 752. The first-order valence-electron chi connectivity index (χ1n) is 7.29. The number of carboxylic acids is 1. The van der Waals surface area contributed by atoms with Crippen molar-refractivity contribution in [2.45, 2.75) is 19.3 Å². The fourth-order valence-corrected chi connectivity index (χ4v) is 2.26. The lowest BCUT2D eigenvalue weighted by Crippen LogP contribution is -2.17. The topological polar surface area (TPSA) is 109 Å². The molecule has 1 aromatic heterocycles. The van der Waals surface area contributed by atoms with E-state index >= 15 is 0 Å². The number of aliphatic hydroxyl groups excluding tert-OH is 1. The lowest BCUT2D eigenvalue weighted by atomic mass is 10.1. The number of aromatic carboxylic acids is 1. The van der Waals surface area contributed by atoms with Crippen LogP contribution in [0.4, 0.5) is 0 Å². The summed E-state index contributed by atoms with van der Waals surface area (Å²) in [5.74, 6) is -0.447. The number of H-pyrrole nitrogens is 1. The number of aromatic amines is 1. The Hall–Kier alpha value is -2.54. The average Bonchev–Trinajstić information content (AvgIpc) is 2.53. The Morgan fingerprint density at radius 2 is 2.04 bits per heavy atom. The van der Waals surface area contributed by atoms with Crippen molar-refractivity contribution < 1.29 is 24.5 Å². The smallest absolute Gasteiger partial charge is 0.341 e. The molecule has 1 aromatic carbocycles. The van der Waals surface area contributed by atoms with Gasteiger partial charge in [0.15, 0.2) is 11.5 Å². The summed E-state index contributed by atoms with van der Waals surface area (Å²) in [6.45, 7) is 0.543. The van der Waals surface area contributed by atoms with E-state index in [0.717, 1.165) is 12.8 Å². The normalized spacial score (nSPS) is 10.7. The van der Waals surface area contributed by atoms with Crippen LogP contribution in [0, 0.1) is 0 Å². The zero-order chi connectivity index (χ0) is 16.8. The van der Waals surface area contributed by atoms with Crippen molar-refractivity contribution in [1.82, 2.24) is 4.98 Å². The molecule has 0 bridgehead atoms. The number of carbonyl (C=O) groups is 1. The molecular formula is C16H19NO6. The molecule has 0 saturated carbocycles. The molecule has 0 amide bonds. The zero-order valence-corrected chi connectivity index (χ0v) is 12.8. The van der Waals surface area contributed by atoms with Crippen molar-refractivity contribution in [3.63, 3.8) is 0 Å². The minimum atomic E-state index is -1.28. The molecule has 2 aromatic rings. The molecule has 124 valence electrons. The molecule has 0 aliphatic rings. The summed E-state index contributed by atoms with van der Waals surface area (Å²) < 4.78 is 11.0. The number of ether oxygens (including phenoxy) is 2. The fraction of sp³-hybridized carbons (Fsp3) is 0.375. The molecule has 0 radical (unpaired) electrons. The van der Waals surface area contributed by atoms with Gasteiger partial charge in [0, 0.05) is 12.0 Å². The second-order valence-corrected chi connectivity index (χ2v) is 5.01. The highest BCUT2D eigenvalue weighted by Gasteiger charge is 2.15. The lowest BCUT2D eigenvalue weighted by molar-refractivity contribution is 0.0695. The van der Waals surface area contributed by atoms with Gasteiger partial charge in [-0.3, -0.25) is 4.79 Å². The second-order valence-electron chi connectivity index (χ2n) is 5.01. The summed E-state index contributed by atoms with van der Waals surface area (Å²) in [6, 6.07) is 4.64. The summed E-state index contributed by atoms with van der Waals surface area (Å²) in [5.41, 5.74) is -0.610. The monoisotopic (exact) mass is 321 g/mol. The van der Waals surface area contributed by atoms with Crippen LogP contribution in [0.15, 0.2) is 23.0 Å². The van der Waals surface area contributed by atoms with Crippen LogP contribution >= 0.6 is 0 Å². The standard InChI is InChI=1S/C16H19NO6/c1-22-12-6-5-10-9-11(16(20)21)15(19)17-13(10)14(12)23-8-4-2-3-7-18/h5-6,9,18H,2-4,7-8H2,1H3,(H,17,19)(H,20,21). The molecule has 0 aliphatic heterocycles. The van der Waals surface area contributed by atoms with Crippen molar-refractivity contribution in [2.75, 3.05) is 20.3 Å². The van der Waals surface area contributed by atoms with Crippen molar-refractivity contribution in [1.29, 1.82) is 0 Å². The molecule has 2 rings (SSSR count). The first-order chi connectivity index (χ1) is 11.1. The van der Waals surface area contributed by atoms with Gasteiger partial charge in [0.05, 0.1) is 19.2 Å². The fourth-order valence-electron chi connectivity index (χ4n) is 2.26. The number of aliphatic hydroxyl groups is 1. The third kappa shape index (κ3) is 3.81. The van der Waals surface area contributed by atoms with Gasteiger partial charge in [0.25, 0.3) is 5.56 Å². The quantitative estimate of drug-likeness (QED) is 0.639. The molecule has 0 aliphatic carbocycles. The van der Waals surface area contributed by atoms with Crippen LogP contribution in [-0.2, 0) is 0 Å². The van der Waals surface area contributed by atoms with E-state index in [1.807, 2.05) is 0 Å². The minimum Gasteiger partial charge on any atom is -0.493 e. The number of unbranched alkanes of at least 4 members (excludes halogenated alkanes) is 2. The highest BCUT2D eigenvalue weighted by molar-refractivity contribution is 5.94. The van der Waals surface area contributed by atoms with Crippen molar-refractivity contribution in [3.05, 3.63) is 34.1 Å². The Morgan fingerprint density at radius 1 is 1.26 bits per heavy atom. The minimum absolute atomic E-state index is 0.142. The molecule has 7 nitrogen and oxygen atoms in total. The summed E-state index contributed by atoms with van der Waals surface area (Å²) >= 11 is 0. The third-order valence-electron chi connectivity index (χ3n) is 3.44. The largest absolute Gasteiger partial charge is 0.493 e. The van der Waals surface area contributed by atoms with Gasteiger partial charge >= 0.3 is 5.97 Å². The van der Waals surface area contributed by atoms with Gasteiger partial charge in [-0.2, -0.15) is 0 Å². The zero-order valence-electron chi connectivity index (χ0n) is 12.8. The Labute approximate surface area is 132 Å². The van der Waals surface area contributed by atoms with E-state index in [2.05, 4.69) is 4.98 Å². The molecule has 7 heteroatoms. The van der Waals surface area contributed by atoms with Crippen LogP contribution in [0.5, 0.6) is 11.5 Å². The first kappa shape index (κ1) is 16.8. The molecule has 0 unspecified atom stereocenters. The van der Waals surface area contributed by atoms with E-state index in [-0.39, 0.29) is 12.2 Å². The van der Waals surface area contributed by atoms with Crippen LogP contribution in [0.25, 0.3) is 10.9 Å². The van der Waals surface area contributed by atoms with Crippen LogP contribution in [0.3, 0.4) is 0 Å². The molecule has 3 N–H and O–H groups in total. The number of methoxy groups -OCH3 is 1. The molecule has 0 fully saturated rings. The van der Waals surface area contributed by atoms with Crippen LogP contribution < -0.4 is 15.0 Å². The number of nitrogens with one attached hydrogen (secondary N) is 1. The van der Waals surface area contributed by atoms with Crippen LogP contribution in [0.2, 0.25) is 0 Å².